The lowest BCUT2D eigenvalue weighted by Crippen LogP contribution is -2.15. The summed E-state index contributed by atoms with van der Waals surface area (Å²) in [6.07, 6.45) is 3.25. The summed E-state index contributed by atoms with van der Waals surface area (Å²) < 4.78 is 5.96. The van der Waals surface area contributed by atoms with E-state index in [0.29, 0.717) is 0 Å². The summed E-state index contributed by atoms with van der Waals surface area (Å²) in [5.41, 5.74) is 1.28. The van der Waals surface area contributed by atoms with Crippen LogP contribution < -0.4 is 10.1 Å². The lowest BCUT2D eigenvalue weighted by atomic mass is 10.0. The zero-order valence-corrected chi connectivity index (χ0v) is 13.1. The van der Waals surface area contributed by atoms with Gasteiger partial charge in [-0.3, -0.25) is 0 Å². The molecule has 3 heteroatoms. The molecule has 0 fully saturated rings. The maximum atomic E-state index is 5.96. The van der Waals surface area contributed by atoms with Crippen molar-refractivity contribution in [2.45, 2.75) is 19.9 Å². The molecule has 0 radical (unpaired) electrons. The van der Waals surface area contributed by atoms with Gasteiger partial charge >= 0.3 is 0 Å². The number of ether oxygens (including phenoxy) is 1. The molecule has 0 unspecified atom stereocenters. The van der Waals surface area contributed by atoms with Gasteiger partial charge in [-0.05, 0) is 36.1 Å². The van der Waals surface area contributed by atoms with Crippen molar-refractivity contribution in [2.75, 3.05) is 25.2 Å². The predicted octanol–water partition coefficient (Wildman–Crippen LogP) is 4.08. The van der Waals surface area contributed by atoms with E-state index in [1.807, 2.05) is 11.8 Å². The maximum absolute atomic E-state index is 5.96. The highest BCUT2D eigenvalue weighted by Gasteiger charge is 2.08. The Bertz CT molecular complexity index is 542. The first-order chi connectivity index (χ1) is 9.86. The largest absolute Gasteiger partial charge is 0.492 e. The van der Waals surface area contributed by atoms with Crippen LogP contribution in [-0.4, -0.2) is 25.2 Å². The van der Waals surface area contributed by atoms with Crippen LogP contribution in [0.2, 0.25) is 0 Å². The van der Waals surface area contributed by atoms with E-state index in [9.17, 15) is 0 Å². The Morgan fingerprint density at radius 2 is 2.00 bits per heavy atom. The zero-order chi connectivity index (χ0) is 14.2. The van der Waals surface area contributed by atoms with E-state index in [2.05, 4.69) is 54.9 Å². The lowest BCUT2D eigenvalue weighted by molar-refractivity contribution is 0.340. The summed E-state index contributed by atoms with van der Waals surface area (Å²) in [6.45, 7) is 4.85. The Kier molecular flexibility index (Phi) is 6.22. The molecule has 2 nitrogen and oxygen atoms in total. The van der Waals surface area contributed by atoms with E-state index in [0.717, 1.165) is 37.6 Å². The monoisotopic (exact) mass is 289 g/mol. The van der Waals surface area contributed by atoms with Gasteiger partial charge in [0.25, 0.3) is 0 Å². The van der Waals surface area contributed by atoms with Crippen molar-refractivity contribution in [2.24, 2.45) is 0 Å². The lowest BCUT2D eigenvalue weighted by Gasteiger charge is -2.14. The van der Waals surface area contributed by atoms with E-state index in [1.54, 1.807) is 0 Å². The van der Waals surface area contributed by atoms with Crippen molar-refractivity contribution in [3.8, 4) is 5.75 Å². The average Bonchev–Trinajstić information content (AvgIpc) is 2.49. The number of nitrogens with one attached hydrogen (secondary N) is 1. The van der Waals surface area contributed by atoms with Crippen LogP contribution in [0.5, 0.6) is 5.75 Å². The van der Waals surface area contributed by atoms with E-state index in [-0.39, 0.29) is 0 Å². The summed E-state index contributed by atoms with van der Waals surface area (Å²) >= 11 is 1.81. The van der Waals surface area contributed by atoms with E-state index < -0.39 is 0 Å². The molecule has 0 aliphatic rings. The molecule has 20 heavy (non-hydrogen) atoms. The second-order valence-corrected chi connectivity index (χ2v) is 5.77. The van der Waals surface area contributed by atoms with Crippen molar-refractivity contribution >= 4 is 22.5 Å². The minimum Gasteiger partial charge on any atom is -0.492 e. The first-order valence-electron chi connectivity index (χ1n) is 7.20. The van der Waals surface area contributed by atoms with Crippen LogP contribution in [0.1, 0.15) is 18.9 Å². The van der Waals surface area contributed by atoms with Gasteiger partial charge in [0.15, 0.2) is 0 Å². The van der Waals surface area contributed by atoms with E-state index >= 15 is 0 Å². The van der Waals surface area contributed by atoms with Gasteiger partial charge in [0.1, 0.15) is 5.75 Å². The van der Waals surface area contributed by atoms with Gasteiger partial charge in [-0.1, -0.05) is 37.3 Å². The highest BCUT2D eigenvalue weighted by Crippen LogP contribution is 2.28. The third-order valence-electron chi connectivity index (χ3n) is 3.27. The highest BCUT2D eigenvalue weighted by atomic mass is 32.2. The molecule has 108 valence electrons. The first-order valence-corrected chi connectivity index (χ1v) is 8.59. The molecule has 1 N–H and O–H groups in total. The fraction of sp³-hybridized carbons (Fsp3) is 0.412. The Morgan fingerprint density at radius 1 is 1.15 bits per heavy atom. The van der Waals surface area contributed by atoms with Crippen LogP contribution in [-0.2, 0) is 6.54 Å². The van der Waals surface area contributed by atoms with Gasteiger partial charge in [0.2, 0.25) is 0 Å². The molecular weight excluding hydrogens is 266 g/mol. The second kappa shape index (κ2) is 8.18. The van der Waals surface area contributed by atoms with Crippen LogP contribution >= 0.6 is 11.8 Å². The topological polar surface area (TPSA) is 21.3 Å². The third-order valence-corrected chi connectivity index (χ3v) is 3.85. The Balaban J connectivity index is 2.26. The normalized spacial score (nSPS) is 10.9. The SMILES string of the molecule is CCCNCc1c(OCCSC)ccc2ccccc12. The third kappa shape index (κ3) is 3.90. The van der Waals surface area contributed by atoms with Gasteiger partial charge in [-0.25, -0.2) is 0 Å². The van der Waals surface area contributed by atoms with Gasteiger partial charge in [0.05, 0.1) is 6.61 Å². The summed E-state index contributed by atoms with van der Waals surface area (Å²) in [6, 6.07) is 12.8. The van der Waals surface area contributed by atoms with Crippen molar-refractivity contribution in [1.29, 1.82) is 0 Å². The van der Waals surface area contributed by atoms with Crippen LogP contribution in [0.4, 0.5) is 0 Å². The summed E-state index contributed by atoms with van der Waals surface area (Å²) in [7, 11) is 0. The fourth-order valence-corrected chi connectivity index (χ4v) is 2.51. The number of hydrogen-bond acceptors (Lipinski definition) is 3. The predicted molar refractivity (Wildman–Crippen MR) is 89.8 cm³/mol. The Hall–Kier alpha value is -1.19. The molecule has 0 atom stereocenters. The van der Waals surface area contributed by atoms with Crippen molar-refractivity contribution in [3.05, 3.63) is 42.0 Å². The minimum atomic E-state index is 0.764. The van der Waals surface area contributed by atoms with E-state index in [1.165, 1.54) is 16.3 Å². The fourth-order valence-electron chi connectivity index (χ4n) is 2.26. The summed E-state index contributed by atoms with van der Waals surface area (Å²) in [5, 5.41) is 6.05. The van der Waals surface area contributed by atoms with Gasteiger partial charge < -0.3 is 10.1 Å². The smallest absolute Gasteiger partial charge is 0.124 e. The molecule has 0 saturated carbocycles. The zero-order valence-electron chi connectivity index (χ0n) is 12.3. The van der Waals surface area contributed by atoms with Gasteiger partial charge in [-0.2, -0.15) is 11.8 Å². The van der Waals surface area contributed by atoms with E-state index in [4.69, 9.17) is 4.74 Å². The molecule has 0 bridgehead atoms. The molecule has 0 saturated heterocycles. The molecule has 0 amide bonds. The highest BCUT2D eigenvalue weighted by molar-refractivity contribution is 7.98. The Labute approximate surface area is 125 Å². The van der Waals surface area contributed by atoms with Crippen LogP contribution in [0.15, 0.2) is 36.4 Å². The van der Waals surface area contributed by atoms with Crippen LogP contribution in [0, 0.1) is 0 Å². The summed E-state index contributed by atoms with van der Waals surface area (Å²) in [4.78, 5) is 0. The molecule has 2 aromatic rings. The van der Waals surface area contributed by atoms with Crippen molar-refractivity contribution in [3.63, 3.8) is 0 Å². The number of benzene rings is 2. The first kappa shape index (κ1) is 15.2. The molecular formula is C17H23NOS. The minimum absolute atomic E-state index is 0.764. The Morgan fingerprint density at radius 3 is 2.80 bits per heavy atom. The molecule has 0 heterocycles. The molecule has 0 spiro atoms. The number of hydrogen-bond donors (Lipinski definition) is 1. The standard InChI is InChI=1S/C17H23NOS/c1-3-10-18-13-16-15-7-5-4-6-14(15)8-9-17(16)19-11-12-20-2/h4-9,18H,3,10-13H2,1-2H3. The molecule has 2 rings (SSSR count). The molecule has 2 aromatic carbocycles. The number of rotatable bonds is 8. The number of fused-ring (bicyclic) bond motifs is 1. The van der Waals surface area contributed by atoms with Gasteiger partial charge in [0, 0.05) is 17.9 Å². The molecule has 0 aromatic heterocycles. The van der Waals surface area contributed by atoms with Crippen molar-refractivity contribution < 1.29 is 4.74 Å². The van der Waals surface area contributed by atoms with Crippen molar-refractivity contribution in [1.82, 2.24) is 5.32 Å². The van der Waals surface area contributed by atoms with Gasteiger partial charge in [-0.15, -0.1) is 0 Å². The van der Waals surface area contributed by atoms with Crippen LogP contribution in [0.25, 0.3) is 10.8 Å². The molecule has 0 aliphatic carbocycles. The average molecular weight is 289 g/mol. The maximum Gasteiger partial charge on any atom is 0.124 e. The molecule has 0 aliphatic heterocycles. The summed E-state index contributed by atoms with van der Waals surface area (Å²) in [5.74, 6) is 2.04. The van der Waals surface area contributed by atoms with Crippen LogP contribution in [0.3, 0.4) is 0 Å². The quantitative estimate of drug-likeness (QED) is 0.740. The number of thioether (sulfide) groups is 1. The second-order valence-electron chi connectivity index (χ2n) is 4.78.